The van der Waals surface area contributed by atoms with Crippen LogP contribution in [0.15, 0.2) is 10.5 Å². The maximum atomic E-state index is 12.9. The van der Waals surface area contributed by atoms with Crippen molar-refractivity contribution in [3.63, 3.8) is 0 Å². The van der Waals surface area contributed by atoms with Crippen LogP contribution in [0.3, 0.4) is 0 Å². The molecule has 0 aliphatic carbocycles. The van der Waals surface area contributed by atoms with Gasteiger partial charge in [-0.25, -0.2) is 0 Å². The normalized spacial score (nSPS) is 15.4. The smallest absolute Gasteiger partial charge is 0.255 e. The summed E-state index contributed by atoms with van der Waals surface area (Å²) in [6.45, 7) is 6.36. The summed E-state index contributed by atoms with van der Waals surface area (Å²) in [6.07, 6.45) is 0. The molecule has 0 saturated carbocycles. The Morgan fingerprint density at radius 2 is 1.70 bits per heavy atom. The van der Waals surface area contributed by atoms with E-state index in [-0.39, 0.29) is 5.91 Å². The molecule has 128 valence electrons. The summed E-state index contributed by atoms with van der Waals surface area (Å²) >= 11 is 3.47. The molecule has 0 atom stereocenters. The van der Waals surface area contributed by atoms with Crippen LogP contribution in [0.25, 0.3) is 0 Å². The molecular weight excluding hydrogens is 364 g/mol. The number of rotatable bonds is 5. The molecule has 0 unspecified atom stereocenters. The van der Waals surface area contributed by atoms with Crippen LogP contribution in [-0.4, -0.2) is 69.8 Å². The zero-order valence-corrected chi connectivity index (χ0v) is 15.6. The highest BCUT2D eigenvalue weighted by Crippen LogP contribution is 2.45. The Balaban J connectivity index is 2.33. The maximum Gasteiger partial charge on any atom is 0.255 e. The van der Waals surface area contributed by atoms with Gasteiger partial charge in [0.15, 0.2) is 11.5 Å². The summed E-state index contributed by atoms with van der Waals surface area (Å²) in [5.41, 5.74) is 0.518. The molecule has 1 amide bonds. The van der Waals surface area contributed by atoms with Crippen molar-refractivity contribution < 1.29 is 19.0 Å². The maximum absolute atomic E-state index is 12.9. The average Bonchev–Trinajstić information content (AvgIpc) is 2.60. The van der Waals surface area contributed by atoms with Crippen LogP contribution in [-0.2, 0) is 0 Å². The molecule has 0 N–H and O–H groups in total. The van der Waals surface area contributed by atoms with Crippen molar-refractivity contribution in [3.05, 3.63) is 16.1 Å². The number of halogens is 1. The van der Waals surface area contributed by atoms with E-state index in [1.807, 2.05) is 4.90 Å². The number of carbonyl (C=O) groups is 1. The van der Waals surface area contributed by atoms with Crippen LogP contribution in [0.4, 0.5) is 0 Å². The molecule has 6 nitrogen and oxygen atoms in total. The molecule has 0 bridgehead atoms. The molecule has 0 spiro atoms. The van der Waals surface area contributed by atoms with Crippen LogP contribution in [0.1, 0.15) is 17.3 Å². The van der Waals surface area contributed by atoms with Gasteiger partial charge in [0.25, 0.3) is 5.91 Å². The van der Waals surface area contributed by atoms with Crippen molar-refractivity contribution in [1.82, 2.24) is 9.80 Å². The van der Waals surface area contributed by atoms with E-state index in [0.29, 0.717) is 27.3 Å². The predicted molar refractivity (Wildman–Crippen MR) is 91.8 cm³/mol. The number of nitrogens with zero attached hydrogens (tertiary/aromatic N) is 2. The first-order valence-electron chi connectivity index (χ1n) is 7.57. The third kappa shape index (κ3) is 3.55. The minimum atomic E-state index is -0.0353. The fourth-order valence-corrected chi connectivity index (χ4v) is 3.34. The Kier molecular flexibility index (Phi) is 6.12. The number of hydrogen-bond donors (Lipinski definition) is 0. The molecule has 1 aliphatic rings. The molecule has 1 fully saturated rings. The van der Waals surface area contributed by atoms with Crippen LogP contribution in [0, 0.1) is 0 Å². The second kappa shape index (κ2) is 7.88. The van der Waals surface area contributed by atoms with Crippen molar-refractivity contribution in [2.24, 2.45) is 0 Å². The van der Waals surface area contributed by atoms with Crippen LogP contribution in [0.5, 0.6) is 17.2 Å². The minimum Gasteiger partial charge on any atom is -0.493 e. The number of piperazine rings is 1. The Labute approximate surface area is 145 Å². The molecule has 0 aromatic heterocycles. The van der Waals surface area contributed by atoms with Gasteiger partial charge in [0.1, 0.15) is 0 Å². The molecule has 1 aromatic carbocycles. The van der Waals surface area contributed by atoms with Crippen LogP contribution >= 0.6 is 15.9 Å². The van der Waals surface area contributed by atoms with Crippen molar-refractivity contribution in [1.29, 1.82) is 0 Å². The summed E-state index contributed by atoms with van der Waals surface area (Å²) < 4.78 is 16.7. The Morgan fingerprint density at radius 3 is 2.17 bits per heavy atom. The summed E-state index contributed by atoms with van der Waals surface area (Å²) in [5, 5.41) is 0. The largest absolute Gasteiger partial charge is 0.493 e. The van der Waals surface area contributed by atoms with Gasteiger partial charge < -0.3 is 24.0 Å². The van der Waals surface area contributed by atoms with E-state index in [4.69, 9.17) is 14.2 Å². The SMILES string of the molecule is CCN1CCN(C(=O)c2cc(OC)c(OC)c(OC)c2Br)CC1. The molecule has 1 heterocycles. The second-order valence-corrected chi connectivity index (χ2v) is 6.03. The van der Waals surface area contributed by atoms with Crippen molar-refractivity contribution >= 4 is 21.8 Å². The molecule has 2 rings (SSSR count). The molecule has 0 radical (unpaired) electrons. The Hall–Kier alpha value is -1.47. The average molecular weight is 387 g/mol. The lowest BCUT2D eigenvalue weighted by Crippen LogP contribution is -2.48. The zero-order valence-electron chi connectivity index (χ0n) is 14.0. The number of benzene rings is 1. The summed E-state index contributed by atoms with van der Waals surface area (Å²) in [6, 6.07) is 1.69. The minimum absolute atomic E-state index is 0.0353. The van der Waals surface area contributed by atoms with E-state index in [0.717, 1.165) is 32.7 Å². The van der Waals surface area contributed by atoms with Crippen molar-refractivity contribution in [2.45, 2.75) is 6.92 Å². The van der Waals surface area contributed by atoms with Gasteiger partial charge in [-0.3, -0.25) is 4.79 Å². The number of carbonyl (C=O) groups excluding carboxylic acids is 1. The molecule has 7 heteroatoms. The van der Waals surface area contributed by atoms with Gasteiger partial charge in [0.2, 0.25) is 5.75 Å². The second-order valence-electron chi connectivity index (χ2n) is 5.23. The number of hydrogen-bond acceptors (Lipinski definition) is 5. The molecule has 1 aliphatic heterocycles. The summed E-state index contributed by atoms with van der Waals surface area (Å²) in [4.78, 5) is 17.1. The molecule has 23 heavy (non-hydrogen) atoms. The number of ether oxygens (including phenoxy) is 3. The fourth-order valence-electron chi connectivity index (χ4n) is 2.71. The summed E-state index contributed by atoms with van der Waals surface area (Å²) in [7, 11) is 4.62. The van der Waals surface area contributed by atoms with Gasteiger partial charge in [-0.15, -0.1) is 0 Å². The van der Waals surface area contributed by atoms with E-state index in [1.165, 1.54) is 14.2 Å². The lowest BCUT2D eigenvalue weighted by atomic mass is 10.1. The number of methoxy groups -OCH3 is 3. The lowest BCUT2D eigenvalue weighted by Gasteiger charge is -2.34. The van der Waals surface area contributed by atoms with Gasteiger partial charge in [0.05, 0.1) is 31.4 Å². The highest BCUT2D eigenvalue weighted by atomic mass is 79.9. The van der Waals surface area contributed by atoms with Gasteiger partial charge in [-0.1, -0.05) is 6.92 Å². The fraction of sp³-hybridized carbons (Fsp3) is 0.562. The third-order valence-electron chi connectivity index (χ3n) is 4.11. The zero-order chi connectivity index (χ0) is 17.0. The first-order chi connectivity index (χ1) is 11.1. The highest BCUT2D eigenvalue weighted by molar-refractivity contribution is 9.10. The number of likely N-dealkylation sites (N-methyl/N-ethyl adjacent to an activating group) is 1. The van der Waals surface area contributed by atoms with Crippen LogP contribution < -0.4 is 14.2 Å². The Morgan fingerprint density at radius 1 is 1.09 bits per heavy atom. The third-order valence-corrected chi connectivity index (χ3v) is 4.89. The van der Waals surface area contributed by atoms with Crippen molar-refractivity contribution in [3.8, 4) is 17.2 Å². The Bertz CT molecular complexity index is 572. The first kappa shape index (κ1) is 17.9. The predicted octanol–water partition coefficient (Wildman–Crippen LogP) is 2.25. The summed E-state index contributed by atoms with van der Waals surface area (Å²) in [5.74, 6) is 1.37. The van der Waals surface area contributed by atoms with Gasteiger partial charge in [0, 0.05) is 26.2 Å². The first-order valence-corrected chi connectivity index (χ1v) is 8.36. The van der Waals surface area contributed by atoms with Crippen molar-refractivity contribution in [2.75, 3.05) is 54.1 Å². The lowest BCUT2D eigenvalue weighted by molar-refractivity contribution is 0.0641. The van der Waals surface area contributed by atoms with E-state index in [9.17, 15) is 4.79 Å². The quantitative estimate of drug-likeness (QED) is 0.776. The molecule has 1 aromatic rings. The standard InChI is InChI=1S/C16H23BrN2O4/c1-5-18-6-8-19(9-7-18)16(20)11-10-12(21-2)14(22-3)15(23-4)13(11)17/h10H,5-9H2,1-4H3. The monoisotopic (exact) mass is 386 g/mol. The van der Waals surface area contributed by atoms with E-state index >= 15 is 0 Å². The topological polar surface area (TPSA) is 51.2 Å². The number of amides is 1. The molecular formula is C16H23BrN2O4. The van der Waals surface area contributed by atoms with Crippen LogP contribution in [0.2, 0.25) is 0 Å². The van der Waals surface area contributed by atoms with Gasteiger partial charge >= 0.3 is 0 Å². The molecule has 1 saturated heterocycles. The van der Waals surface area contributed by atoms with E-state index in [2.05, 4.69) is 27.8 Å². The highest BCUT2D eigenvalue weighted by Gasteiger charge is 2.27. The van der Waals surface area contributed by atoms with Gasteiger partial charge in [-0.2, -0.15) is 0 Å². The van der Waals surface area contributed by atoms with E-state index in [1.54, 1.807) is 13.2 Å². The van der Waals surface area contributed by atoms with Gasteiger partial charge in [-0.05, 0) is 28.5 Å². The van der Waals surface area contributed by atoms with E-state index < -0.39 is 0 Å².